The Kier molecular flexibility index (Phi) is 33.4. The lowest BCUT2D eigenvalue weighted by Crippen LogP contribution is -2.42. The maximum Gasteiger partial charge on any atom is 0.306 e. The Balaban J connectivity index is 2.63. The van der Waals surface area contributed by atoms with Crippen molar-refractivity contribution in [2.24, 2.45) is 11.8 Å². The van der Waals surface area contributed by atoms with Crippen molar-refractivity contribution in [2.45, 2.75) is 245 Å². The molecule has 7 nitrogen and oxygen atoms in total. The van der Waals surface area contributed by atoms with Gasteiger partial charge in [0.05, 0.1) is 19.8 Å². The van der Waals surface area contributed by atoms with Crippen molar-refractivity contribution in [1.29, 1.82) is 0 Å². The Labute approximate surface area is 335 Å². The number of hydrogen-bond donors (Lipinski definition) is 1. The van der Waals surface area contributed by atoms with Crippen LogP contribution in [-0.2, 0) is 23.9 Å². The van der Waals surface area contributed by atoms with E-state index in [4.69, 9.17) is 9.47 Å². The van der Waals surface area contributed by atoms with Crippen LogP contribution in [0.4, 0.5) is 0 Å². The highest BCUT2D eigenvalue weighted by molar-refractivity contribution is 5.78. The van der Waals surface area contributed by atoms with Gasteiger partial charge in [-0.2, -0.15) is 0 Å². The summed E-state index contributed by atoms with van der Waals surface area (Å²) in [5.41, 5.74) is 0. The SMILES string of the molecule is CCCCC1CCCCCCC(CCCC)CC(=O)OCCCCCCCCCCC(NC(=O)CN(C)C(C)C)CCCCCCCCCCOC(=O)C1. The number of likely N-dealkylation sites (N-methyl/N-ethyl adjacent to an activating group) is 1. The summed E-state index contributed by atoms with van der Waals surface area (Å²) >= 11 is 0. The van der Waals surface area contributed by atoms with Crippen LogP contribution in [-0.4, -0.2) is 61.6 Å². The van der Waals surface area contributed by atoms with Gasteiger partial charge in [0, 0.05) is 24.9 Å². The third kappa shape index (κ3) is 30.6. The topological polar surface area (TPSA) is 84.9 Å². The molecule has 0 bridgehead atoms. The molecule has 0 aliphatic carbocycles. The molecular formula is C47H90N2O5. The Morgan fingerprint density at radius 3 is 1.31 bits per heavy atom. The van der Waals surface area contributed by atoms with E-state index in [0.29, 0.717) is 50.5 Å². The zero-order chi connectivity index (χ0) is 39.5. The highest BCUT2D eigenvalue weighted by Gasteiger charge is 2.18. The third-order valence-corrected chi connectivity index (χ3v) is 11.9. The van der Waals surface area contributed by atoms with Crippen molar-refractivity contribution in [3.05, 3.63) is 0 Å². The van der Waals surface area contributed by atoms with Gasteiger partial charge in [0.1, 0.15) is 0 Å². The molecule has 1 heterocycles. The summed E-state index contributed by atoms with van der Waals surface area (Å²) in [4.78, 5) is 40.3. The van der Waals surface area contributed by atoms with E-state index in [1.165, 1.54) is 128 Å². The quantitative estimate of drug-likeness (QED) is 0.223. The maximum absolute atomic E-state index is 12.8. The van der Waals surface area contributed by atoms with Crippen molar-refractivity contribution in [3.63, 3.8) is 0 Å². The molecule has 1 amide bonds. The van der Waals surface area contributed by atoms with Crippen LogP contribution >= 0.6 is 0 Å². The normalized spacial score (nSPS) is 23.8. The molecule has 0 aromatic rings. The highest BCUT2D eigenvalue weighted by atomic mass is 16.5. The van der Waals surface area contributed by atoms with E-state index in [0.717, 1.165) is 64.2 Å². The molecule has 318 valence electrons. The second kappa shape index (κ2) is 35.8. The van der Waals surface area contributed by atoms with E-state index >= 15 is 0 Å². The lowest BCUT2D eigenvalue weighted by molar-refractivity contribution is -0.146. The number of rotatable bonds is 10. The van der Waals surface area contributed by atoms with Gasteiger partial charge < -0.3 is 14.8 Å². The second-order valence-corrected chi connectivity index (χ2v) is 17.4. The number of amides is 1. The largest absolute Gasteiger partial charge is 0.466 e. The van der Waals surface area contributed by atoms with Crippen LogP contribution in [0.25, 0.3) is 0 Å². The minimum Gasteiger partial charge on any atom is -0.466 e. The molecule has 0 saturated carbocycles. The fourth-order valence-electron chi connectivity index (χ4n) is 7.94. The number of cyclic esters (lactones) is 2. The number of unbranched alkanes of at least 4 members (excludes halogenated alkanes) is 2. The van der Waals surface area contributed by atoms with Crippen LogP contribution in [0, 0.1) is 11.8 Å². The summed E-state index contributed by atoms with van der Waals surface area (Å²) in [5, 5.41) is 3.38. The molecule has 1 aliphatic heterocycles. The van der Waals surface area contributed by atoms with Gasteiger partial charge in [0.25, 0.3) is 0 Å². The first-order valence-corrected chi connectivity index (χ1v) is 23.6. The van der Waals surface area contributed by atoms with Crippen LogP contribution in [0.5, 0.6) is 0 Å². The number of carbonyl (C=O) groups is 3. The molecule has 2 unspecified atom stereocenters. The van der Waals surface area contributed by atoms with Crippen LogP contribution in [0.2, 0.25) is 0 Å². The van der Waals surface area contributed by atoms with Gasteiger partial charge in [-0.15, -0.1) is 0 Å². The van der Waals surface area contributed by atoms with E-state index in [1.807, 2.05) is 7.05 Å². The zero-order valence-corrected chi connectivity index (χ0v) is 36.5. The average molecular weight is 763 g/mol. The molecule has 7 heteroatoms. The van der Waals surface area contributed by atoms with Gasteiger partial charge in [0.2, 0.25) is 5.91 Å². The van der Waals surface area contributed by atoms with Gasteiger partial charge in [-0.25, -0.2) is 0 Å². The van der Waals surface area contributed by atoms with Gasteiger partial charge in [0.15, 0.2) is 0 Å². The molecule has 0 aromatic carbocycles. The Morgan fingerprint density at radius 2 is 0.944 bits per heavy atom. The Bertz CT molecular complexity index is 839. The smallest absolute Gasteiger partial charge is 0.306 e. The van der Waals surface area contributed by atoms with Gasteiger partial charge in [-0.1, -0.05) is 155 Å². The lowest BCUT2D eigenvalue weighted by Gasteiger charge is -2.23. The number of nitrogens with zero attached hydrogens (tertiary/aromatic N) is 1. The predicted molar refractivity (Wildman–Crippen MR) is 228 cm³/mol. The second-order valence-electron chi connectivity index (χ2n) is 17.4. The van der Waals surface area contributed by atoms with E-state index in [1.54, 1.807) is 0 Å². The summed E-state index contributed by atoms with van der Waals surface area (Å²) in [6, 6.07) is 0.637. The average Bonchev–Trinajstić information content (AvgIpc) is 3.14. The molecular weight excluding hydrogens is 673 g/mol. The first-order chi connectivity index (χ1) is 26.2. The van der Waals surface area contributed by atoms with E-state index in [2.05, 4.69) is 37.9 Å². The van der Waals surface area contributed by atoms with Gasteiger partial charge in [-0.3, -0.25) is 19.3 Å². The molecule has 1 aliphatic rings. The van der Waals surface area contributed by atoms with Crippen molar-refractivity contribution in [2.75, 3.05) is 26.8 Å². The third-order valence-electron chi connectivity index (χ3n) is 11.9. The molecule has 54 heavy (non-hydrogen) atoms. The summed E-state index contributed by atoms with van der Waals surface area (Å²) in [7, 11) is 2.02. The minimum absolute atomic E-state index is 0.00378. The van der Waals surface area contributed by atoms with Crippen molar-refractivity contribution in [3.8, 4) is 0 Å². The number of nitrogens with one attached hydrogen (secondary N) is 1. The Morgan fingerprint density at radius 1 is 0.593 bits per heavy atom. The highest BCUT2D eigenvalue weighted by Crippen LogP contribution is 2.25. The number of esters is 2. The molecule has 1 saturated heterocycles. The molecule has 1 rings (SSSR count). The van der Waals surface area contributed by atoms with E-state index < -0.39 is 0 Å². The van der Waals surface area contributed by atoms with Crippen molar-refractivity contribution in [1.82, 2.24) is 10.2 Å². The monoisotopic (exact) mass is 763 g/mol. The molecule has 2 atom stereocenters. The Hall–Kier alpha value is -1.63. The molecule has 0 aromatic heterocycles. The van der Waals surface area contributed by atoms with Crippen LogP contribution in [0.3, 0.4) is 0 Å². The standard InChI is InChI=1S/C47H90N2O5/c1-6-8-30-42-32-24-20-21-25-33-43(31-9-7-2)39-47(52)54-37-29-23-17-13-11-15-19-27-35-44(48-45(50)40-49(5)41(3)4)34-26-18-14-10-12-16-22-28-36-53-46(51)38-42/h41-44H,6-40H2,1-5H3,(H,48,50). The first-order valence-electron chi connectivity index (χ1n) is 23.6. The number of hydrogen-bond acceptors (Lipinski definition) is 6. The van der Waals surface area contributed by atoms with Crippen LogP contribution in [0.15, 0.2) is 0 Å². The summed E-state index contributed by atoms with van der Waals surface area (Å²) in [5.74, 6) is 1.03. The summed E-state index contributed by atoms with van der Waals surface area (Å²) < 4.78 is 11.4. The van der Waals surface area contributed by atoms with Crippen molar-refractivity contribution >= 4 is 17.8 Å². The van der Waals surface area contributed by atoms with Crippen LogP contribution in [0.1, 0.15) is 233 Å². The van der Waals surface area contributed by atoms with E-state index in [9.17, 15) is 14.4 Å². The summed E-state index contributed by atoms with van der Waals surface area (Å²) in [6.45, 7) is 10.3. The van der Waals surface area contributed by atoms with Crippen molar-refractivity contribution < 1.29 is 23.9 Å². The van der Waals surface area contributed by atoms with E-state index in [-0.39, 0.29) is 23.9 Å². The fourth-order valence-corrected chi connectivity index (χ4v) is 7.94. The first kappa shape index (κ1) is 50.4. The number of ether oxygens (including phenoxy) is 2. The maximum atomic E-state index is 12.8. The summed E-state index contributed by atoms with van der Waals surface area (Å²) in [6.07, 6.45) is 36.2. The molecule has 1 fully saturated rings. The lowest BCUT2D eigenvalue weighted by atomic mass is 9.90. The minimum atomic E-state index is -0.00378. The fraction of sp³-hybridized carbons (Fsp3) is 0.936. The molecule has 0 radical (unpaired) electrons. The molecule has 0 spiro atoms. The molecule has 1 N–H and O–H groups in total. The number of carbonyl (C=O) groups excluding carboxylic acids is 3. The predicted octanol–water partition coefficient (Wildman–Crippen LogP) is 12.7. The van der Waals surface area contributed by atoms with Crippen LogP contribution < -0.4 is 5.32 Å². The van der Waals surface area contributed by atoms with Gasteiger partial charge >= 0.3 is 11.9 Å². The zero-order valence-electron chi connectivity index (χ0n) is 36.5. The van der Waals surface area contributed by atoms with Gasteiger partial charge in [-0.05, 0) is 84.1 Å².